The van der Waals surface area contributed by atoms with E-state index >= 15 is 0 Å². The summed E-state index contributed by atoms with van der Waals surface area (Å²) >= 11 is 1.75. The van der Waals surface area contributed by atoms with Crippen LogP contribution in [0.4, 0.5) is 0 Å². The number of rotatable bonds is 1. The molecule has 0 aromatic heterocycles. The van der Waals surface area contributed by atoms with E-state index in [4.69, 9.17) is 0 Å². The van der Waals surface area contributed by atoms with Gasteiger partial charge < -0.3 is 5.11 Å². The molecule has 0 heterocycles. The van der Waals surface area contributed by atoms with Crippen molar-refractivity contribution in [3.8, 4) is 5.75 Å². The molecule has 1 nitrogen and oxygen atoms in total. The summed E-state index contributed by atoms with van der Waals surface area (Å²) in [6.45, 7) is 10.9. The second-order valence-corrected chi connectivity index (χ2v) is 10.9. The summed E-state index contributed by atoms with van der Waals surface area (Å²) in [4.78, 5) is 3.25. The molecule has 2 rings (SSSR count). The van der Waals surface area contributed by atoms with Gasteiger partial charge in [-0.2, -0.15) is 6.08 Å². The van der Waals surface area contributed by atoms with Crippen LogP contribution in [0.2, 0.25) is 19.6 Å². The maximum absolute atomic E-state index is 9.38. The summed E-state index contributed by atoms with van der Waals surface area (Å²) in [6, 6.07) is 5.86. The molecular formula is C17H25OSiTi. The van der Waals surface area contributed by atoms with Gasteiger partial charge in [-0.1, -0.05) is 37.8 Å². The summed E-state index contributed by atoms with van der Waals surface area (Å²) < 4.78 is 0. The molecule has 0 saturated carbocycles. The summed E-state index contributed by atoms with van der Waals surface area (Å²) in [5.74, 6) is 0.396. The van der Waals surface area contributed by atoms with Gasteiger partial charge >= 0.3 is 24.8 Å². The van der Waals surface area contributed by atoms with Crippen molar-refractivity contribution in [2.24, 2.45) is 0 Å². The Kier molecular flexibility index (Phi) is 8.95. The quantitative estimate of drug-likeness (QED) is 0.614. The van der Waals surface area contributed by atoms with E-state index in [0.717, 1.165) is 12.0 Å². The Labute approximate surface area is 136 Å². The topological polar surface area (TPSA) is 20.2 Å². The molecule has 1 aliphatic rings. The first-order valence-electron chi connectivity index (χ1n) is 6.69. The summed E-state index contributed by atoms with van der Waals surface area (Å²) in [6.07, 6.45) is 8.33. The fourth-order valence-electron chi connectivity index (χ4n) is 1.71. The van der Waals surface area contributed by atoms with E-state index in [9.17, 15) is 5.11 Å². The van der Waals surface area contributed by atoms with E-state index in [1.165, 1.54) is 10.8 Å². The molecule has 0 amide bonds. The second kappa shape index (κ2) is 9.28. The summed E-state index contributed by atoms with van der Waals surface area (Å²) in [7, 11) is -1.26. The van der Waals surface area contributed by atoms with Crippen molar-refractivity contribution in [2.45, 2.75) is 39.9 Å². The van der Waals surface area contributed by atoms with Crippen molar-refractivity contribution in [2.75, 3.05) is 0 Å². The van der Waals surface area contributed by atoms with E-state index in [2.05, 4.69) is 55.7 Å². The van der Waals surface area contributed by atoms with Crippen LogP contribution < -0.4 is 5.19 Å². The van der Waals surface area contributed by atoms with Gasteiger partial charge in [0.2, 0.25) is 0 Å². The van der Waals surface area contributed by atoms with Crippen LogP contribution in [0.3, 0.4) is 0 Å². The zero-order chi connectivity index (χ0) is 15.8. The fraction of sp³-hybridized carbons (Fsp3) is 0.353. The number of benzene rings is 1. The predicted molar refractivity (Wildman–Crippen MR) is 89.1 cm³/mol. The number of hydrogen-bond donors (Lipinski definition) is 1. The van der Waals surface area contributed by atoms with Gasteiger partial charge in [0.15, 0.2) is 0 Å². The van der Waals surface area contributed by atoms with Crippen LogP contribution in [-0.4, -0.2) is 18.0 Å². The molecule has 1 N–H and O–H groups in total. The number of phenolic OH excluding ortho intramolecular Hbond substituents is 1. The minimum atomic E-state index is -1.26. The Morgan fingerprint density at radius 2 is 1.75 bits per heavy atom. The van der Waals surface area contributed by atoms with Gasteiger partial charge in [0.05, 0.1) is 8.07 Å². The average Bonchev–Trinajstić information content (AvgIpc) is 2.81. The van der Waals surface area contributed by atoms with E-state index in [0.29, 0.717) is 5.75 Å². The molecule has 1 aromatic rings. The molecule has 1 aromatic carbocycles. The average molecular weight is 321 g/mol. The van der Waals surface area contributed by atoms with Crippen LogP contribution in [0.25, 0.3) is 0 Å². The van der Waals surface area contributed by atoms with Crippen LogP contribution in [0, 0.1) is 13.0 Å². The van der Waals surface area contributed by atoms with Gasteiger partial charge in [-0.15, -0.1) is 6.42 Å². The molecule has 107 valence electrons. The van der Waals surface area contributed by atoms with Crippen LogP contribution in [0.5, 0.6) is 5.75 Å². The predicted octanol–water partition coefficient (Wildman–Crippen LogP) is 3.91. The van der Waals surface area contributed by atoms with Crippen LogP contribution >= 0.6 is 0 Å². The Morgan fingerprint density at radius 3 is 2.05 bits per heavy atom. The molecule has 0 bridgehead atoms. The fourth-order valence-corrected chi connectivity index (χ4v) is 2.95. The number of aryl methyl sites for hydroxylation is 1. The van der Waals surface area contributed by atoms with E-state index in [-0.39, 0.29) is 0 Å². The summed E-state index contributed by atoms with van der Waals surface area (Å²) in [5, 5.41) is 10.7. The van der Waals surface area contributed by atoms with Crippen LogP contribution in [0.15, 0.2) is 35.9 Å². The molecule has 0 spiro atoms. The van der Waals surface area contributed by atoms with Gasteiger partial charge in [-0.05, 0) is 24.6 Å². The van der Waals surface area contributed by atoms with E-state index < -0.39 is 8.07 Å². The SMILES string of the molecule is CC1=[C-]CC=C1.Cc1cc(O)cc([Si](C)(C)C)c1.[CH2]=[Ti+]. The van der Waals surface area contributed by atoms with Gasteiger partial charge in [0, 0.05) is 0 Å². The molecule has 1 aliphatic carbocycles. The molecule has 20 heavy (non-hydrogen) atoms. The van der Waals surface area contributed by atoms with Gasteiger partial charge in [-0.3, -0.25) is 6.08 Å². The molecule has 0 aliphatic heterocycles. The number of hydrogen-bond acceptors (Lipinski definition) is 1. The first-order chi connectivity index (χ1) is 9.29. The number of allylic oxidation sites excluding steroid dienone is 4. The standard InChI is InChI=1S/C10H16OSi.C6H7.CH2.Ti/c1-8-5-9(11)7-10(6-8)12(2,3)4;1-6-4-2-3-5-6;;/h5-7,11H,1-4H3;2,4H,3H2,1H3;1H2;/q;-1;;+1. The van der Waals surface area contributed by atoms with Crippen molar-refractivity contribution in [3.63, 3.8) is 0 Å². The molecule has 0 fully saturated rings. The number of phenols is 1. The Hall–Kier alpha value is -0.699. The minimum absolute atomic E-state index is 0.396. The first kappa shape index (κ1) is 19.3. The van der Waals surface area contributed by atoms with Crippen molar-refractivity contribution >= 4 is 18.1 Å². The Bertz CT molecular complexity index is 461. The Balaban J connectivity index is 0.000000377. The van der Waals surface area contributed by atoms with Crippen molar-refractivity contribution in [1.29, 1.82) is 0 Å². The molecule has 0 unspecified atom stereocenters. The third kappa shape index (κ3) is 7.78. The molecule has 3 heteroatoms. The van der Waals surface area contributed by atoms with Crippen molar-refractivity contribution in [3.05, 3.63) is 47.6 Å². The van der Waals surface area contributed by atoms with Crippen LogP contribution in [0.1, 0.15) is 18.9 Å². The monoisotopic (exact) mass is 321 g/mol. The van der Waals surface area contributed by atoms with Crippen LogP contribution in [-0.2, 0) is 20.0 Å². The number of aromatic hydroxyl groups is 1. The van der Waals surface area contributed by atoms with Gasteiger partial charge in [-0.25, -0.2) is 11.6 Å². The second-order valence-electron chi connectivity index (χ2n) is 5.77. The van der Waals surface area contributed by atoms with Gasteiger partial charge in [0.1, 0.15) is 5.75 Å². The molecule has 0 radical (unpaired) electrons. The van der Waals surface area contributed by atoms with E-state index in [1.807, 2.05) is 13.0 Å². The van der Waals surface area contributed by atoms with Gasteiger partial charge in [0.25, 0.3) is 0 Å². The van der Waals surface area contributed by atoms with E-state index in [1.54, 1.807) is 26.0 Å². The molecular weight excluding hydrogens is 296 g/mol. The maximum atomic E-state index is 9.38. The normalized spacial score (nSPS) is 12.8. The van der Waals surface area contributed by atoms with Crippen molar-refractivity contribution in [1.82, 2.24) is 0 Å². The zero-order valence-corrected chi connectivity index (χ0v) is 15.8. The third-order valence-corrected chi connectivity index (χ3v) is 4.82. The molecule has 0 saturated heterocycles. The third-order valence-electron chi connectivity index (χ3n) is 2.79. The molecule has 0 atom stereocenters. The zero-order valence-electron chi connectivity index (χ0n) is 13.2. The summed E-state index contributed by atoms with van der Waals surface area (Å²) in [5.41, 5.74) is 2.42. The van der Waals surface area contributed by atoms with Crippen molar-refractivity contribution < 1.29 is 25.1 Å². The first-order valence-corrected chi connectivity index (χ1v) is 11.3. The Morgan fingerprint density at radius 1 is 1.15 bits per heavy atom.